The number of rotatable bonds is 8. The third kappa shape index (κ3) is 5.15. The fourth-order valence-electron chi connectivity index (χ4n) is 4.91. The number of aliphatic hydroxyl groups is 1. The van der Waals surface area contributed by atoms with Gasteiger partial charge in [0.2, 0.25) is 17.8 Å². The Bertz CT molecular complexity index is 1190. The van der Waals surface area contributed by atoms with Gasteiger partial charge in [-0.1, -0.05) is 26.0 Å². The van der Waals surface area contributed by atoms with Crippen LogP contribution in [0.3, 0.4) is 0 Å². The zero-order valence-electron chi connectivity index (χ0n) is 21.0. The number of carbonyl (C=O) groups is 1. The van der Waals surface area contributed by atoms with Crippen molar-refractivity contribution in [3.05, 3.63) is 41.6 Å². The molecule has 5 rings (SSSR count). The van der Waals surface area contributed by atoms with Gasteiger partial charge in [-0.2, -0.15) is 19.6 Å². The fraction of sp³-hybridized carbons (Fsp3) is 0.538. The molecule has 1 aromatic carbocycles. The topological polar surface area (TPSA) is 117 Å². The summed E-state index contributed by atoms with van der Waals surface area (Å²) in [5.74, 6) is 1.58. The molecular formula is C26H35N7O3. The Kier molecular flexibility index (Phi) is 7.33. The molecule has 0 bridgehead atoms. The molecule has 2 aromatic heterocycles. The molecule has 3 aromatic rings. The molecule has 10 nitrogen and oxygen atoms in total. The summed E-state index contributed by atoms with van der Waals surface area (Å²) in [6, 6.07) is 7.88. The standard InChI is InChI=1S/C26H35N7O3/c1-17(2)22-15-28-33-23(22)30-26(32-11-3-4-21(32)16-34)31-25(33)27-14-18-5-7-20(8-6-18)29-24(35)19-9-12-36-13-10-19/h5-8,15,17,19,21,34H,3-4,9-14,16H2,1-2H3,(H,29,35)(H,27,30,31)/t21-/m0/s1. The van der Waals surface area contributed by atoms with Crippen molar-refractivity contribution in [1.82, 2.24) is 19.6 Å². The SMILES string of the molecule is CC(C)c1cnn2c(NCc3ccc(NC(=O)C4CCOCC4)cc3)nc(N3CCC[C@H]3CO)nc12. The van der Waals surface area contributed by atoms with Gasteiger partial charge in [-0.05, 0) is 49.3 Å². The minimum Gasteiger partial charge on any atom is -0.394 e. The maximum atomic E-state index is 12.5. The molecule has 0 saturated carbocycles. The smallest absolute Gasteiger partial charge is 0.231 e. The Balaban J connectivity index is 1.32. The highest BCUT2D eigenvalue weighted by Gasteiger charge is 2.28. The van der Waals surface area contributed by atoms with E-state index in [4.69, 9.17) is 14.7 Å². The minimum absolute atomic E-state index is 0.0142. The lowest BCUT2D eigenvalue weighted by Crippen LogP contribution is -2.34. The van der Waals surface area contributed by atoms with Crippen LogP contribution in [-0.2, 0) is 16.1 Å². The van der Waals surface area contributed by atoms with Gasteiger partial charge in [0.15, 0.2) is 5.65 Å². The van der Waals surface area contributed by atoms with Gasteiger partial charge in [-0.15, -0.1) is 0 Å². The monoisotopic (exact) mass is 493 g/mol. The lowest BCUT2D eigenvalue weighted by molar-refractivity contribution is -0.122. The average Bonchev–Trinajstić information content (AvgIpc) is 3.56. The molecule has 2 saturated heterocycles. The predicted molar refractivity (Wildman–Crippen MR) is 138 cm³/mol. The van der Waals surface area contributed by atoms with Crippen molar-refractivity contribution < 1.29 is 14.6 Å². The van der Waals surface area contributed by atoms with E-state index in [0.717, 1.165) is 54.7 Å². The van der Waals surface area contributed by atoms with Gasteiger partial charge in [-0.3, -0.25) is 4.79 Å². The molecule has 2 aliphatic heterocycles. The van der Waals surface area contributed by atoms with E-state index < -0.39 is 0 Å². The number of aliphatic hydroxyl groups excluding tert-OH is 1. The molecule has 3 N–H and O–H groups in total. The third-order valence-corrected chi connectivity index (χ3v) is 7.11. The largest absolute Gasteiger partial charge is 0.394 e. The Morgan fingerprint density at radius 1 is 1.17 bits per heavy atom. The van der Waals surface area contributed by atoms with Crippen LogP contribution in [0.1, 0.15) is 56.6 Å². The van der Waals surface area contributed by atoms with Gasteiger partial charge in [0.1, 0.15) is 0 Å². The summed E-state index contributed by atoms with van der Waals surface area (Å²) in [6.45, 7) is 7.00. The summed E-state index contributed by atoms with van der Waals surface area (Å²) < 4.78 is 7.11. The van der Waals surface area contributed by atoms with Crippen molar-refractivity contribution in [3.8, 4) is 0 Å². The second-order valence-electron chi connectivity index (χ2n) is 9.94. The third-order valence-electron chi connectivity index (χ3n) is 7.11. The van der Waals surface area contributed by atoms with E-state index in [-0.39, 0.29) is 30.4 Å². The molecule has 0 aliphatic carbocycles. The van der Waals surface area contributed by atoms with Crippen LogP contribution in [0.5, 0.6) is 0 Å². The van der Waals surface area contributed by atoms with Crippen LogP contribution < -0.4 is 15.5 Å². The molecule has 192 valence electrons. The Labute approximate surface area is 211 Å². The van der Waals surface area contributed by atoms with E-state index in [2.05, 4.69) is 34.5 Å². The Morgan fingerprint density at radius 2 is 1.94 bits per heavy atom. The molecular weight excluding hydrogens is 458 g/mol. The molecule has 0 spiro atoms. The lowest BCUT2D eigenvalue weighted by Gasteiger charge is -2.23. The Morgan fingerprint density at radius 3 is 2.67 bits per heavy atom. The van der Waals surface area contributed by atoms with Crippen molar-refractivity contribution in [2.45, 2.75) is 58.0 Å². The van der Waals surface area contributed by atoms with Crippen LogP contribution in [0.25, 0.3) is 5.65 Å². The van der Waals surface area contributed by atoms with Gasteiger partial charge >= 0.3 is 0 Å². The lowest BCUT2D eigenvalue weighted by atomic mass is 9.99. The van der Waals surface area contributed by atoms with Crippen molar-refractivity contribution in [3.63, 3.8) is 0 Å². The normalized spacial score (nSPS) is 18.8. The molecule has 2 aliphatic rings. The number of nitrogens with one attached hydrogen (secondary N) is 2. The maximum Gasteiger partial charge on any atom is 0.231 e. The van der Waals surface area contributed by atoms with Crippen LogP contribution in [-0.4, -0.2) is 63.0 Å². The number of anilines is 3. The number of nitrogens with zero attached hydrogens (tertiary/aromatic N) is 5. The van der Waals surface area contributed by atoms with Gasteiger partial charge in [-0.25, -0.2) is 0 Å². The summed E-state index contributed by atoms with van der Waals surface area (Å²) >= 11 is 0. The van der Waals surface area contributed by atoms with Crippen LogP contribution >= 0.6 is 0 Å². The Hall–Kier alpha value is -3.24. The van der Waals surface area contributed by atoms with Gasteiger partial charge < -0.3 is 25.4 Å². The number of hydrogen-bond donors (Lipinski definition) is 3. The number of carbonyl (C=O) groups excluding carboxylic acids is 1. The van der Waals surface area contributed by atoms with Crippen LogP contribution in [0.2, 0.25) is 0 Å². The van der Waals surface area contributed by atoms with Gasteiger partial charge in [0.25, 0.3) is 0 Å². The quantitative estimate of drug-likeness (QED) is 0.438. The maximum absolute atomic E-state index is 12.5. The average molecular weight is 494 g/mol. The highest BCUT2D eigenvalue weighted by atomic mass is 16.5. The summed E-state index contributed by atoms with van der Waals surface area (Å²) in [4.78, 5) is 24.2. The minimum atomic E-state index is 0.0142. The van der Waals surface area contributed by atoms with Gasteiger partial charge in [0, 0.05) is 43.5 Å². The molecule has 36 heavy (non-hydrogen) atoms. The first-order valence-electron chi connectivity index (χ1n) is 12.9. The van der Waals surface area contributed by atoms with E-state index in [1.165, 1.54) is 0 Å². The number of ether oxygens (including phenoxy) is 1. The predicted octanol–water partition coefficient (Wildman–Crippen LogP) is 3.19. The van der Waals surface area contributed by atoms with E-state index >= 15 is 0 Å². The van der Waals surface area contributed by atoms with Crippen molar-refractivity contribution >= 4 is 29.1 Å². The summed E-state index contributed by atoms with van der Waals surface area (Å²) in [7, 11) is 0. The van der Waals surface area contributed by atoms with Gasteiger partial charge in [0.05, 0.1) is 18.8 Å². The number of benzene rings is 1. The second-order valence-corrected chi connectivity index (χ2v) is 9.94. The van der Waals surface area contributed by atoms with E-state index in [9.17, 15) is 9.90 Å². The number of hydrogen-bond acceptors (Lipinski definition) is 8. The number of fused-ring (bicyclic) bond motifs is 1. The van der Waals surface area contributed by atoms with Crippen molar-refractivity contribution in [1.29, 1.82) is 0 Å². The molecule has 2 fully saturated rings. The fourth-order valence-corrected chi connectivity index (χ4v) is 4.91. The first-order chi connectivity index (χ1) is 17.5. The highest BCUT2D eigenvalue weighted by Crippen LogP contribution is 2.27. The summed E-state index contributed by atoms with van der Waals surface area (Å²) in [5.41, 5.74) is 3.69. The van der Waals surface area contributed by atoms with Crippen molar-refractivity contribution in [2.75, 3.05) is 41.9 Å². The summed E-state index contributed by atoms with van der Waals surface area (Å²) in [6.07, 6.45) is 5.34. The first-order valence-corrected chi connectivity index (χ1v) is 12.9. The van der Waals surface area contributed by atoms with Crippen LogP contribution in [0.4, 0.5) is 17.6 Å². The second kappa shape index (κ2) is 10.8. The molecule has 0 unspecified atom stereocenters. The van der Waals surface area contributed by atoms with E-state index in [1.807, 2.05) is 30.5 Å². The zero-order valence-corrected chi connectivity index (χ0v) is 21.0. The molecule has 10 heteroatoms. The van der Waals surface area contributed by atoms with E-state index in [0.29, 0.717) is 31.7 Å². The first kappa shape index (κ1) is 24.5. The zero-order chi connectivity index (χ0) is 25.1. The van der Waals surface area contributed by atoms with Crippen LogP contribution in [0.15, 0.2) is 30.5 Å². The molecule has 0 radical (unpaired) electrons. The van der Waals surface area contributed by atoms with Crippen molar-refractivity contribution in [2.24, 2.45) is 5.92 Å². The molecule has 1 atom stereocenters. The van der Waals surface area contributed by atoms with Crippen LogP contribution in [0, 0.1) is 5.92 Å². The molecule has 1 amide bonds. The highest BCUT2D eigenvalue weighted by molar-refractivity contribution is 5.92. The van der Waals surface area contributed by atoms with E-state index in [1.54, 1.807) is 4.52 Å². The summed E-state index contributed by atoms with van der Waals surface area (Å²) in [5, 5.41) is 20.8. The number of aromatic nitrogens is 4. The molecule has 4 heterocycles. The number of amides is 1.